The standard InChI is InChI=1S/C9H15BN2O2/c1-9(2)3-7(9)5-12-6-8(4-11-12)10(13)14/h4,6-7,13-14H,3,5H2,1-2H3. The van der Waals surface area contributed by atoms with Crippen LogP contribution in [0.5, 0.6) is 0 Å². The smallest absolute Gasteiger partial charge is 0.423 e. The molecule has 0 saturated heterocycles. The lowest BCUT2D eigenvalue weighted by atomic mass is 9.83. The van der Waals surface area contributed by atoms with Crippen LogP contribution in [0.15, 0.2) is 12.4 Å². The van der Waals surface area contributed by atoms with E-state index in [1.165, 1.54) is 12.6 Å². The molecule has 1 fully saturated rings. The molecular formula is C9H15BN2O2. The molecule has 1 atom stereocenters. The van der Waals surface area contributed by atoms with Gasteiger partial charge in [0.15, 0.2) is 0 Å². The summed E-state index contributed by atoms with van der Waals surface area (Å²) in [5.41, 5.74) is 0.896. The molecule has 0 aromatic carbocycles. The molecule has 1 aliphatic rings. The minimum absolute atomic E-state index is 0.434. The van der Waals surface area contributed by atoms with Crippen molar-refractivity contribution in [3.05, 3.63) is 12.4 Å². The quantitative estimate of drug-likeness (QED) is 0.644. The van der Waals surface area contributed by atoms with E-state index in [0.29, 0.717) is 16.8 Å². The fraction of sp³-hybridized carbons (Fsp3) is 0.667. The number of aromatic nitrogens is 2. The SMILES string of the molecule is CC1(C)CC1Cn1cc(B(O)O)cn1. The van der Waals surface area contributed by atoms with Crippen LogP contribution in [-0.4, -0.2) is 26.9 Å². The van der Waals surface area contributed by atoms with Gasteiger partial charge in [0.25, 0.3) is 0 Å². The Morgan fingerprint density at radius 3 is 2.71 bits per heavy atom. The maximum Gasteiger partial charge on any atom is 0.491 e. The summed E-state index contributed by atoms with van der Waals surface area (Å²) in [4.78, 5) is 0. The van der Waals surface area contributed by atoms with Crippen LogP contribution >= 0.6 is 0 Å². The third-order valence-electron chi connectivity index (χ3n) is 3.08. The summed E-state index contributed by atoms with van der Waals surface area (Å²) in [7, 11) is -1.41. The zero-order valence-corrected chi connectivity index (χ0v) is 8.51. The first-order valence-electron chi connectivity index (χ1n) is 4.87. The monoisotopic (exact) mass is 194 g/mol. The first-order valence-corrected chi connectivity index (χ1v) is 4.87. The van der Waals surface area contributed by atoms with E-state index in [4.69, 9.17) is 10.0 Å². The van der Waals surface area contributed by atoms with Crippen LogP contribution < -0.4 is 5.46 Å². The highest BCUT2D eigenvalue weighted by Crippen LogP contribution is 2.52. The van der Waals surface area contributed by atoms with Crippen molar-refractivity contribution in [2.45, 2.75) is 26.8 Å². The third-order valence-corrected chi connectivity index (χ3v) is 3.08. The van der Waals surface area contributed by atoms with Gasteiger partial charge >= 0.3 is 7.12 Å². The lowest BCUT2D eigenvalue weighted by molar-refractivity contribution is 0.425. The van der Waals surface area contributed by atoms with Crippen molar-refractivity contribution in [1.82, 2.24) is 9.78 Å². The molecule has 2 N–H and O–H groups in total. The maximum absolute atomic E-state index is 8.89. The Morgan fingerprint density at radius 2 is 2.29 bits per heavy atom. The van der Waals surface area contributed by atoms with Gasteiger partial charge in [-0.25, -0.2) is 0 Å². The first-order chi connectivity index (χ1) is 6.49. The van der Waals surface area contributed by atoms with E-state index in [0.717, 1.165) is 6.54 Å². The number of rotatable bonds is 3. The Labute approximate surface area is 83.7 Å². The molecule has 0 aliphatic heterocycles. The van der Waals surface area contributed by atoms with Gasteiger partial charge in [0.1, 0.15) is 0 Å². The minimum Gasteiger partial charge on any atom is -0.423 e. The number of hydrogen-bond acceptors (Lipinski definition) is 3. The van der Waals surface area contributed by atoms with Crippen LogP contribution in [0.3, 0.4) is 0 Å². The van der Waals surface area contributed by atoms with Crippen molar-refractivity contribution in [3.8, 4) is 0 Å². The fourth-order valence-corrected chi connectivity index (χ4v) is 1.73. The van der Waals surface area contributed by atoms with E-state index in [1.807, 2.05) is 0 Å². The van der Waals surface area contributed by atoms with Gasteiger partial charge in [-0.15, -0.1) is 0 Å². The molecule has 5 heteroatoms. The minimum atomic E-state index is -1.41. The average molecular weight is 194 g/mol. The summed E-state index contributed by atoms with van der Waals surface area (Å²) in [6.45, 7) is 5.35. The van der Waals surface area contributed by atoms with Crippen LogP contribution in [0.1, 0.15) is 20.3 Å². The summed E-state index contributed by atoms with van der Waals surface area (Å²) in [6.07, 6.45) is 4.42. The van der Waals surface area contributed by atoms with Crippen LogP contribution in [0, 0.1) is 11.3 Å². The highest BCUT2D eigenvalue weighted by atomic mass is 16.4. The van der Waals surface area contributed by atoms with Crippen LogP contribution in [-0.2, 0) is 6.54 Å². The van der Waals surface area contributed by atoms with Crippen molar-refractivity contribution < 1.29 is 10.0 Å². The molecule has 76 valence electrons. The Bertz CT molecular complexity index is 335. The van der Waals surface area contributed by atoms with E-state index in [9.17, 15) is 0 Å². The first kappa shape index (κ1) is 9.74. The van der Waals surface area contributed by atoms with Crippen molar-refractivity contribution in [3.63, 3.8) is 0 Å². The molecule has 1 aromatic heterocycles. The number of hydrogen-bond donors (Lipinski definition) is 2. The average Bonchev–Trinajstić information content (AvgIpc) is 2.51. The van der Waals surface area contributed by atoms with Gasteiger partial charge in [-0.1, -0.05) is 13.8 Å². The molecule has 1 aromatic rings. The van der Waals surface area contributed by atoms with Crippen LogP contribution in [0.25, 0.3) is 0 Å². The third kappa shape index (κ3) is 1.83. The van der Waals surface area contributed by atoms with Crippen LogP contribution in [0.2, 0.25) is 0 Å². The Kier molecular flexibility index (Phi) is 2.16. The molecule has 0 bridgehead atoms. The van der Waals surface area contributed by atoms with Gasteiger partial charge < -0.3 is 10.0 Å². The molecule has 0 spiro atoms. The highest BCUT2D eigenvalue weighted by Gasteiger charge is 2.45. The van der Waals surface area contributed by atoms with Crippen molar-refractivity contribution in [1.29, 1.82) is 0 Å². The fourth-order valence-electron chi connectivity index (χ4n) is 1.73. The molecule has 14 heavy (non-hydrogen) atoms. The molecule has 1 saturated carbocycles. The number of nitrogens with zero attached hydrogens (tertiary/aromatic N) is 2. The van der Waals surface area contributed by atoms with Crippen LogP contribution in [0.4, 0.5) is 0 Å². The maximum atomic E-state index is 8.89. The highest BCUT2D eigenvalue weighted by molar-refractivity contribution is 6.58. The summed E-state index contributed by atoms with van der Waals surface area (Å²) in [5.74, 6) is 0.672. The van der Waals surface area contributed by atoms with Gasteiger partial charge in [-0.3, -0.25) is 4.68 Å². The molecule has 1 heterocycles. The van der Waals surface area contributed by atoms with E-state index in [2.05, 4.69) is 18.9 Å². The van der Waals surface area contributed by atoms with Crippen molar-refractivity contribution >= 4 is 12.6 Å². The molecule has 1 aliphatic carbocycles. The largest absolute Gasteiger partial charge is 0.491 e. The Balaban J connectivity index is 1.98. The van der Waals surface area contributed by atoms with Crippen molar-refractivity contribution in [2.24, 2.45) is 11.3 Å². The Hall–Kier alpha value is -0.805. The lowest BCUT2D eigenvalue weighted by Gasteiger charge is -2.02. The topological polar surface area (TPSA) is 58.3 Å². The van der Waals surface area contributed by atoms with Gasteiger partial charge in [0.2, 0.25) is 0 Å². The van der Waals surface area contributed by atoms with Gasteiger partial charge in [0, 0.05) is 24.4 Å². The normalized spacial score (nSPS) is 23.6. The summed E-state index contributed by atoms with van der Waals surface area (Å²) in [6, 6.07) is 0. The second-order valence-electron chi connectivity index (χ2n) is 4.76. The van der Waals surface area contributed by atoms with E-state index < -0.39 is 7.12 Å². The molecule has 2 rings (SSSR count). The lowest BCUT2D eigenvalue weighted by Crippen LogP contribution is -2.28. The molecule has 0 radical (unpaired) electrons. The van der Waals surface area contributed by atoms with E-state index >= 15 is 0 Å². The van der Waals surface area contributed by atoms with Crippen molar-refractivity contribution in [2.75, 3.05) is 0 Å². The molecule has 0 amide bonds. The second kappa shape index (κ2) is 3.10. The molecular weight excluding hydrogens is 179 g/mol. The van der Waals surface area contributed by atoms with E-state index in [-0.39, 0.29) is 0 Å². The Morgan fingerprint density at radius 1 is 1.64 bits per heavy atom. The summed E-state index contributed by atoms with van der Waals surface area (Å²) < 4.78 is 1.79. The zero-order valence-electron chi connectivity index (χ0n) is 8.51. The summed E-state index contributed by atoms with van der Waals surface area (Å²) >= 11 is 0. The van der Waals surface area contributed by atoms with Gasteiger partial charge in [-0.2, -0.15) is 5.10 Å². The predicted molar refractivity (Wildman–Crippen MR) is 53.9 cm³/mol. The summed E-state index contributed by atoms with van der Waals surface area (Å²) in [5, 5.41) is 21.9. The van der Waals surface area contributed by atoms with Gasteiger partial charge in [-0.05, 0) is 17.8 Å². The van der Waals surface area contributed by atoms with E-state index in [1.54, 1.807) is 10.9 Å². The molecule has 1 unspecified atom stereocenters. The zero-order chi connectivity index (χ0) is 10.3. The van der Waals surface area contributed by atoms with Gasteiger partial charge in [0.05, 0.1) is 0 Å². The molecule has 4 nitrogen and oxygen atoms in total. The predicted octanol–water partition coefficient (Wildman–Crippen LogP) is -0.391. The second-order valence-corrected chi connectivity index (χ2v) is 4.76.